The van der Waals surface area contributed by atoms with Gasteiger partial charge in [0.25, 0.3) is 0 Å². The number of hydrazine groups is 1. The zero-order valence-corrected chi connectivity index (χ0v) is 13.7. The summed E-state index contributed by atoms with van der Waals surface area (Å²) in [5, 5.41) is 12.4. The minimum atomic E-state index is -1.80. The van der Waals surface area contributed by atoms with Gasteiger partial charge >= 0.3 is 0 Å². The Labute approximate surface area is 144 Å². The maximum Gasteiger partial charge on any atom is 0.132 e. The van der Waals surface area contributed by atoms with E-state index in [9.17, 15) is 13.9 Å². The maximum atomic E-state index is 14.4. The third kappa shape index (κ3) is 4.23. The van der Waals surface area contributed by atoms with Crippen molar-refractivity contribution in [2.24, 2.45) is 10.8 Å². The van der Waals surface area contributed by atoms with Gasteiger partial charge in [0, 0.05) is 35.6 Å². The molecule has 0 aliphatic heterocycles. The van der Waals surface area contributed by atoms with E-state index in [1.54, 1.807) is 13.0 Å². The molecule has 2 atom stereocenters. The Bertz CT molecular complexity index is 756. The number of aromatic nitrogens is 2. The van der Waals surface area contributed by atoms with Crippen molar-refractivity contribution in [2.45, 2.75) is 18.4 Å². The number of nitrogens with zero attached hydrogens (tertiary/aromatic N) is 4. The highest BCUT2D eigenvalue weighted by Gasteiger charge is 2.40. The molecule has 2 rings (SSSR count). The van der Waals surface area contributed by atoms with Gasteiger partial charge in [-0.15, -0.1) is 0 Å². The van der Waals surface area contributed by atoms with Crippen molar-refractivity contribution in [3.8, 4) is 0 Å². The van der Waals surface area contributed by atoms with E-state index in [4.69, 9.17) is 5.84 Å². The number of hydrogen-bond donors (Lipinski definition) is 2. The molecule has 1 aromatic heterocycles. The Kier molecular flexibility index (Phi) is 5.89. The lowest BCUT2D eigenvalue weighted by atomic mass is 9.79. The first-order chi connectivity index (χ1) is 11.9. The van der Waals surface area contributed by atoms with Gasteiger partial charge in [-0.05, 0) is 12.1 Å². The molecule has 6 nitrogen and oxygen atoms in total. The van der Waals surface area contributed by atoms with E-state index in [1.807, 2.05) is 0 Å². The van der Waals surface area contributed by atoms with Gasteiger partial charge in [-0.25, -0.2) is 29.6 Å². The zero-order valence-electron chi connectivity index (χ0n) is 13.7. The number of hydrogen-bond acceptors (Lipinski definition) is 5. The second-order valence-corrected chi connectivity index (χ2v) is 5.52. The first kappa shape index (κ1) is 18.6. The number of benzene rings is 1. The van der Waals surface area contributed by atoms with Crippen molar-refractivity contribution < 1.29 is 13.9 Å². The minimum absolute atomic E-state index is 0.0949. The van der Waals surface area contributed by atoms with Crippen molar-refractivity contribution in [3.63, 3.8) is 0 Å². The molecule has 0 radical (unpaired) electrons. The molecule has 3 N–H and O–H groups in total. The van der Waals surface area contributed by atoms with Crippen LogP contribution >= 0.6 is 0 Å². The predicted molar refractivity (Wildman–Crippen MR) is 90.3 cm³/mol. The third-order valence-electron chi connectivity index (χ3n) is 3.91. The van der Waals surface area contributed by atoms with Gasteiger partial charge in [0.2, 0.25) is 0 Å². The molecule has 0 saturated heterocycles. The van der Waals surface area contributed by atoms with E-state index in [0.717, 1.165) is 11.1 Å². The summed E-state index contributed by atoms with van der Waals surface area (Å²) in [5.41, 5.74) is -1.41. The van der Waals surface area contributed by atoms with Crippen molar-refractivity contribution in [1.82, 2.24) is 15.0 Å². The van der Waals surface area contributed by atoms with Crippen molar-refractivity contribution >= 4 is 6.34 Å². The van der Waals surface area contributed by atoms with Gasteiger partial charge in [0.05, 0.1) is 6.54 Å². The number of rotatable bonds is 7. The Balaban J connectivity index is 2.50. The average Bonchev–Trinajstić information content (AvgIpc) is 2.59. The van der Waals surface area contributed by atoms with Crippen LogP contribution in [0.3, 0.4) is 0 Å². The second-order valence-electron chi connectivity index (χ2n) is 5.52. The largest absolute Gasteiger partial charge is 0.382 e. The summed E-state index contributed by atoms with van der Waals surface area (Å²) in [7, 11) is 0. The lowest BCUT2D eigenvalue weighted by molar-refractivity contribution is -0.00998. The van der Waals surface area contributed by atoms with E-state index in [1.165, 1.54) is 31.1 Å². The first-order valence-electron chi connectivity index (χ1n) is 7.48. The van der Waals surface area contributed by atoms with Crippen molar-refractivity contribution in [1.29, 1.82) is 0 Å². The van der Waals surface area contributed by atoms with Crippen LogP contribution in [0.25, 0.3) is 0 Å². The summed E-state index contributed by atoms with van der Waals surface area (Å²) in [6.45, 7) is 4.89. The van der Waals surface area contributed by atoms with Crippen molar-refractivity contribution in [2.75, 3.05) is 6.54 Å². The third-order valence-corrected chi connectivity index (χ3v) is 3.91. The fourth-order valence-corrected chi connectivity index (χ4v) is 2.55. The molecule has 2 unspecified atom stereocenters. The van der Waals surface area contributed by atoms with Crippen LogP contribution in [0.2, 0.25) is 0 Å². The molecule has 25 heavy (non-hydrogen) atoms. The molecule has 0 spiro atoms. The molecular weight excluding hydrogens is 328 g/mol. The SMILES string of the molecule is C=C/N=C\N(N)CC(O)(c1ccc(F)cc1F)C(C)c1ccncn1. The normalized spacial score (nSPS) is 14.9. The quantitative estimate of drug-likeness (QED) is 0.347. The fourth-order valence-electron chi connectivity index (χ4n) is 2.55. The highest BCUT2D eigenvalue weighted by atomic mass is 19.1. The lowest BCUT2D eigenvalue weighted by Gasteiger charge is -2.36. The Morgan fingerprint density at radius 1 is 1.44 bits per heavy atom. The summed E-state index contributed by atoms with van der Waals surface area (Å²) < 4.78 is 27.7. The van der Waals surface area contributed by atoms with Gasteiger partial charge < -0.3 is 5.11 Å². The van der Waals surface area contributed by atoms with Crippen LogP contribution in [-0.2, 0) is 5.60 Å². The van der Waals surface area contributed by atoms with E-state index in [-0.39, 0.29) is 12.1 Å². The number of nitrogens with two attached hydrogens (primary N) is 1. The number of aliphatic imine (C=N–C) groups is 1. The van der Waals surface area contributed by atoms with Gasteiger partial charge in [0.15, 0.2) is 0 Å². The zero-order chi connectivity index (χ0) is 18.4. The molecule has 0 aliphatic carbocycles. The molecule has 2 aromatic rings. The predicted octanol–water partition coefficient (Wildman–Crippen LogP) is 2.09. The molecule has 0 bridgehead atoms. The monoisotopic (exact) mass is 347 g/mol. The Morgan fingerprint density at radius 3 is 2.80 bits per heavy atom. The second kappa shape index (κ2) is 7.91. The highest BCUT2D eigenvalue weighted by Crippen LogP contribution is 2.37. The van der Waals surface area contributed by atoms with Crippen LogP contribution in [-0.4, -0.2) is 33.0 Å². The summed E-state index contributed by atoms with van der Waals surface area (Å²) in [5.74, 6) is 3.54. The van der Waals surface area contributed by atoms with Crippen LogP contribution in [0.5, 0.6) is 0 Å². The van der Waals surface area contributed by atoms with E-state index < -0.39 is 23.2 Å². The smallest absolute Gasteiger partial charge is 0.132 e. The van der Waals surface area contributed by atoms with Crippen LogP contribution < -0.4 is 5.84 Å². The van der Waals surface area contributed by atoms with E-state index in [0.29, 0.717) is 11.8 Å². The molecule has 1 heterocycles. The maximum absolute atomic E-state index is 14.4. The van der Waals surface area contributed by atoms with Gasteiger partial charge in [-0.1, -0.05) is 19.6 Å². The summed E-state index contributed by atoms with van der Waals surface area (Å²) in [4.78, 5) is 11.7. The molecule has 1 aromatic carbocycles. The fraction of sp³-hybridized carbons (Fsp3) is 0.235. The van der Waals surface area contributed by atoms with Crippen LogP contribution in [0, 0.1) is 11.6 Å². The van der Waals surface area contributed by atoms with Crippen LogP contribution in [0.4, 0.5) is 8.78 Å². The minimum Gasteiger partial charge on any atom is -0.382 e. The molecular formula is C17H19F2N5O. The number of aliphatic hydroxyl groups is 1. The van der Waals surface area contributed by atoms with Gasteiger partial charge in [0.1, 0.15) is 29.9 Å². The lowest BCUT2D eigenvalue weighted by Crippen LogP contribution is -2.47. The van der Waals surface area contributed by atoms with E-state index >= 15 is 0 Å². The molecule has 132 valence electrons. The summed E-state index contributed by atoms with van der Waals surface area (Å²) in [6, 6.07) is 4.59. The standard InChI is InChI=1S/C17H19F2N5O/c1-3-21-11-24(20)9-17(25,12(2)16-6-7-22-10-23-16)14-5-4-13(18)8-15(14)19/h3-8,10-12,25H,1,9,20H2,2H3/b21-11-. The van der Waals surface area contributed by atoms with Crippen molar-refractivity contribution in [3.05, 3.63) is 72.5 Å². The topological polar surface area (TPSA) is 87.6 Å². The molecule has 0 amide bonds. The Morgan fingerprint density at radius 2 is 2.20 bits per heavy atom. The molecule has 0 saturated carbocycles. The average molecular weight is 347 g/mol. The van der Waals surface area contributed by atoms with Gasteiger partial charge in [-0.2, -0.15) is 0 Å². The Hall–Kier alpha value is -2.71. The highest BCUT2D eigenvalue weighted by molar-refractivity contribution is 5.55. The van der Waals surface area contributed by atoms with Gasteiger partial charge in [-0.3, -0.25) is 5.01 Å². The molecule has 8 heteroatoms. The molecule has 0 fully saturated rings. The molecule has 0 aliphatic rings. The number of halogens is 2. The first-order valence-corrected chi connectivity index (χ1v) is 7.48. The summed E-state index contributed by atoms with van der Waals surface area (Å²) in [6.07, 6.45) is 5.35. The van der Waals surface area contributed by atoms with Crippen LogP contribution in [0.15, 0.2) is 54.6 Å². The summed E-state index contributed by atoms with van der Waals surface area (Å²) >= 11 is 0. The van der Waals surface area contributed by atoms with Crippen LogP contribution in [0.1, 0.15) is 24.1 Å². The van der Waals surface area contributed by atoms with E-state index in [2.05, 4.69) is 21.5 Å².